The number of benzene rings is 1. The smallest absolute Gasteiger partial charge is 0.306 e. The van der Waals surface area contributed by atoms with Gasteiger partial charge in [0.05, 0.1) is 6.04 Å². The SMILES string of the molecule is CSc1nc(C)c(CCC(=O)OCC(=O)N(C)[C@H]2CCCc3ccccc32)c(C)n1. The Kier molecular flexibility index (Phi) is 7.48. The Bertz CT molecular complexity index is 909. The first-order valence-electron chi connectivity index (χ1n) is 10.3. The van der Waals surface area contributed by atoms with Crippen LogP contribution in [0.4, 0.5) is 0 Å². The summed E-state index contributed by atoms with van der Waals surface area (Å²) in [5.41, 5.74) is 5.22. The minimum atomic E-state index is -0.381. The molecule has 0 unspecified atom stereocenters. The molecule has 0 radical (unpaired) electrons. The highest BCUT2D eigenvalue weighted by Gasteiger charge is 2.27. The van der Waals surface area contributed by atoms with Gasteiger partial charge in [0.25, 0.3) is 5.91 Å². The fraction of sp³-hybridized carbons (Fsp3) is 0.478. The van der Waals surface area contributed by atoms with Gasteiger partial charge in [-0.15, -0.1) is 0 Å². The summed E-state index contributed by atoms with van der Waals surface area (Å²) in [6.45, 7) is 3.62. The molecule has 7 heteroatoms. The fourth-order valence-corrected chi connectivity index (χ4v) is 4.47. The number of thioether (sulfide) groups is 1. The molecule has 0 bridgehead atoms. The van der Waals surface area contributed by atoms with Crippen molar-refractivity contribution in [2.24, 2.45) is 0 Å². The van der Waals surface area contributed by atoms with Crippen molar-refractivity contribution in [2.45, 2.75) is 57.1 Å². The first-order valence-corrected chi connectivity index (χ1v) is 11.5. The van der Waals surface area contributed by atoms with E-state index in [9.17, 15) is 9.59 Å². The molecule has 0 spiro atoms. The standard InChI is InChI=1S/C23H29N3O3S/c1-15-18(16(2)25-23(24-15)30-4)12-13-22(28)29-14-21(27)26(3)20-11-7-9-17-8-5-6-10-19(17)20/h5-6,8,10,20H,7,9,11-14H2,1-4H3/t20-/m0/s1. The normalized spacial score (nSPS) is 15.4. The zero-order valence-electron chi connectivity index (χ0n) is 18.1. The zero-order chi connectivity index (χ0) is 21.7. The highest BCUT2D eigenvalue weighted by atomic mass is 32.2. The van der Waals surface area contributed by atoms with Gasteiger partial charge in [0.2, 0.25) is 0 Å². The molecule has 1 amide bonds. The maximum atomic E-state index is 12.6. The lowest BCUT2D eigenvalue weighted by molar-refractivity contribution is -0.152. The van der Waals surface area contributed by atoms with Crippen LogP contribution in [0.1, 0.15) is 53.4 Å². The second-order valence-corrected chi connectivity index (χ2v) is 8.41. The molecule has 0 N–H and O–H groups in total. The van der Waals surface area contributed by atoms with E-state index in [0.29, 0.717) is 6.42 Å². The molecule has 2 aromatic rings. The third-order valence-electron chi connectivity index (χ3n) is 5.72. The second-order valence-electron chi connectivity index (χ2n) is 7.63. The van der Waals surface area contributed by atoms with Crippen LogP contribution in [-0.4, -0.2) is 46.7 Å². The Balaban J connectivity index is 1.52. The van der Waals surface area contributed by atoms with Crippen molar-refractivity contribution in [1.29, 1.82) is 0 Å². The molecule has 0 saturated carbocycles. The van der Waals surface area contributed by atoms with E-state index >= 15 is 0 Å². The summed E-state index contributed by atoms with van der Waals surface area (Å²) in [6.07, 6.45) is 5.67. The number of likely N-dealkylation sites (N-methyl/N-ethyl adjacent to an activating group) is 1. The largest absolute Gasteiger partial charge is 0.456 e. The molecule has 160 valence electrons. The maximum absolute atomic E-state index is 12.6. The van der Waals surface area contributed by atoms with Crippen LogP contribution in [0.25, 0.3) is 0 Å². The lowest BCUT2D eigenvalue weighted by atomic mass is 9.87. The van der Waals surface area contributed by atoms with E-state index in [2.05, 4.69) is 22.1 Å². The van der Waals surface area contributed by atoms with Gasteiger partial charge in [0.15, 0.2) is 11.8 Å². The molecule has 6 nitrogen and oxygen atoms in total. The lowest BCUT2D eigenvalue weighted by Gasteiger charge is -2.33. The molecule has 3 rings (SSSR count). The Morgan fingerprint density at radius 3 is 2.60 bits per heavy atom. The predicted molar refractivity (Wildman–Crippen MR) is 117 cm³/mol. The maximum Gasteiger partial charge on any atom is 0.306 e. The number of esters is 1. The Hall–Kier alpha value is -2.41. The minimum Gasteiger partial charge on any atom is -0.456 e. The van der Waals surface area contributed by atoms with Gasteiger partial charge >= 0.3 is 5.97 Å². The van der Waals surface area contributed by atoms with E-state index in [1.807, 2.05) is 32.2 Å². The fourth-order valence-electron chi connectivity index (χ4n) is 4.01. The molecule has 1 heterocycles. The van der Waals surface area contributed by atoms with Gasteiger partial charge < -0.3 is 9.64 Å². The number of carbonyl (C=O) groups excluding carboxylic acids is 2. The number of aryl methyl sites for hydroxylation is 3. The van der Waals surface area contributed by atoms with Gasteiger partial charge in [-0.05, 0) is 62.5 Å². The third-order valence-corrected chi connectivity index (χ3v) is 6.26. The predicted octanol–water partition coefficient (Wildman–Crippen LogP) is 3.83. The summed E-state index contributed by atoms with van der Waals surface area (Å²) in [6, 6.07) is 8.30. The van der Waals surface area contributed by atoms with E-state index in [1.165, 1.54) is 22.9 Å². The highest BCUT2D eigenvalue weighted by molar-refractivity contribution is 7.98. The van der Waals surface area contributed by atoms with Crippen molar-refractivity contribution in [1.82, 2.24) is 14.9 Å². The molecule has 1 aliphatic carbocycles. The summed E-state index contributed by atoms with van der Waals surface area (Å²) in [7, 11) is 1.79. The Labute approximate surface area is 182 Å². The molecule has 1 aromatic heterocycles. The molecule has 1 atom stereocenters. The highest BCUT2D eigenvalue weighted by Crippen LogP contribution is 2.33. The summed E-state index contributed by atoms with van der Waals surface area (Å²) in [4.78, 5) is 35.5. The lowest BCUT2D eigenvalue weighted by Crippen LogP contribution is -2.36. The van der Waals surface area contributed by atoms with E-state index in [1.54, 1.807) is 11.9 Å². The van der Waals surface area contributed by atoms with Crippen molar-refractivity contribution < 1.29 is 14.3 Å². The van der Waals surface area contributed by atoms with Gasteiger partial charge in [0.1, 0.15) is 0 Å². The monoisotopic (exact) mass is 427 g/mol. The zero-order valence-corrected chi connectivity index (χ0v) is 18.9. The number of nitrogens with zero attached hydrogens (tertiary/aromatic N) is 3. The van der Waals surface area contributed by atoms with Gasteiger partial charge in [-0.25, -0.2) is 9.97 Å². The van der Waals surface area contributed by atoms with Crippen molar-refractivity contribution >= 4 is 23.6 Å². The summed E-state index contributed by atoms with van der Waals surface area (Å²) in [5, 5.41) is 0.731. The van der Waals surface area contributed by atoms with Crippen LogP contribution >= 0.6 is 11.8 Å². The molecule has 0 aliphatic heterocycles. The number of amides is 1. The van der Waals surface area contributed by atoms with Crippen LogP contribution in [-0.2, 0) is 27.2 Å². The number of fused-ring (bicyclic) bond motifs is 1. The number of rotatable bonds is 7. The molecule has 1 aliphatic rings. The van der Waals surface area contributed by atoms with Crippen molar-refractivity contribution in [3.63, 3.8) is 0 Å². The Morgan fingerprint density at radius 1 is 1.20 bits per heavy atom. The van der Waals surface area contributed by atoms with E-state index in [-0.39, 0.29) is 30.9 Å². The molecule has 0 saturated heterocycles. The number of hydrogen-bond acceptors (Lipinski definition) is 6. The van der Waals surface area contributed by atoms with Crippen LogP contribution in [0, 0.1) is 13.8 Å². The van der Waals surface area contributed by atoms with Crippen molar-refractivity contribution in [3.05, 3.63) is 52.3 Å². The first-order chi connectivity index (χ1) is 14.4. The number of carbonyl (C=O) groups is 2. The van der Waals surface area contributed by atoms with Crippen LogP contribution in [0.5, 0.6) is 0 Å². The third kappa shape index (κ3) is 5.19. The quantitative estimate of drug-likeness (QED) is 0.380. The van der Waals surface area contributed by atoms with E-state index in [0.717, 1.165) is 41.4 Å². The topological polar surface area (TPSA) is 72.4 Å². The number of ether oxygens (including phenoxy) is 1. The van der Waals surface area contributed by atoms with Gasteiger partial charge in [-0.1, -0.05) is 36.0 Å². The van der Waals surface area contributed by atoms with Crippen LogP contribution in [0.2, 0.25) is 0 Å². The van der Waals surface area contributed by atoms with Crippen molar-refractivity contribution in [2.75, 3.05) is 19.9 Å². The van der Waals surface area contributed by atoms with Gasteiger partial charge in [0, 0.05) is 24.9 Å². The average molecular weight is 428 g/mol. The summed E-state index contributed by atoms with van der Waals surface area (Å²) in [5.74, 6) is -0.557. The van der Waals surface area contributed by atoms with Gasteiger partial charge in [-0.2, -0.15) is 0 Å². The summed E-state index contributed by atoms with van der Waals surface area (Å²) < 4.78 is 5.28. The molecule has 30 heavy (non-hydrogen) atoms. The average Bonchev–Trinajstić information content (AvgIpc) is 2.75. The number of hydrogen-bond donors (Lipinski definition) is 0. The first kappa shape index (κ1) is 22.3. The molecule has 1 aromatic carbocycles. The van der Waals surface area contributed by atoms with Crippen LogP contribution in [0.15, 0.2) is 29.4 Å². The van der Waals surface area contributed by atoms with Crippen LogP contribution < -0.4 is 0 Å². The molecular weight excluding hydrogens is 398 g/mol. The van der Waals surface area contributed by atoms with Gasteiger partial charge in [-0.3, -0.25) is 9.59 Å². The second kappa shape index (κ2) is 10.1. The van der Waals surface area contributed by atoms with Crippen molar-refractivity contribution in [3.8, 4) is 0 Å². The summed E-state index contributed by atoms with van der Waals surface area (Å²) >= 11 is 1.50. The van der Waals surface area contributed by atoms with E-state index < -0.39 is 0 Å². The number of aromatic nitrogens is 2. The van der Waals surface area contributed by atoms with E-state index in [4.69, 9.17) is 4.74 Å². The minimum absolute atomic E-state index is 0.0403. The van der Waals surface area contributed by atoms with Crippen LogP contribution in [0.3, 0.4) is 0 Å². The Morgan fingerprint density at radius 2 is 1.90 bits per heavy atom. The molecule has 0 fully saturated rings. The molecular formula is C23H29N3O3S.